The fourth-order valence-electron chi connectivity index (χ4n) is 3.11. The molecule has 0 aliphatic carbocycles. The topological polar surface area (TPSA) is 173 Å². The number of hydrogen-bond donors (Lipinski definition) is 2. The largest absolute Gasteiger partial charge is 1.00 e. The number of ether oxygens (including phenoxy) is 1. The van der Waals surface area contributed by atoms with Crippen LogP contribution in [0.5, 0.6) is 0 Å². The number of rotatable bonds is 24. The number of phosphoric ester groups is 1. The van der Waals surface area contributed by atoms with Crippen LogP contribution in [-0.2, 0) is 27.9 Å². The number of allylic oxidation sites excluding steroid dienone is 2. The number of carbonyl (C=O) groups excluding carboxylic acids is 2. The number of hydrogen-bond acceptors (Lipinski definition) is 9. The Morgan fingerprint density at radius 2 is 1.39 bits per heavy atom. The molecule has 0 saturated carbocycles. The van der Waals surface area contributed by atoms with Crippen LogP contribution >= 0.6 is 7.82 Å². The predicted molar refractivity (Wildman–Crippen MR) is 128 cm³/mol. The smallest absolute Gasteiger partial charge is 0.756 e. The predicted octanol–water partition coefficient (Wildman–Crippen LogP) is -1.21. The molecule has 36 heavy (non-hydrogen) atoms. The van der Waals surface area contributed by atoms with E-state index < -0.39 is 51.7 Å². The van der Waals surface area contributed by atoms with E-state index in [0.29, 0.717) is 6.42 Å². The van der Waals surface area contributed by atoms with E-state index in [4.69, 9.17) is 4.74 Å². The first-order valence-electron chi connectivity index (χ1n) is 12.8. The molecule has 0 heterocycles. The standard InChI is InChI=1S/C24H46NO9P.Na/c1-2-3-4-5-6-7-8-9-10-11-12-13-14-15-16-17-23(27)32-18-21(26)19-33-35(30,31)34-20-22(25)24(28)29;/h9-10,21-22,26H,2-8,11-20,25H2,1H3,(H,28,29)(H,30,31);/q;+1/p-1/t21-,22+;/m1./s1. The first-order valence-corrected chi connectivity index (χ1v) is 14.3. The Hall–Kier alpha value is -0.290. The molecular formula is C24H45NNaO9P. The van der Waals surface area contributed by atoms with Gasteiger partial charge in [0.2, 0.25) is 0 Å². The van der Waals surface area contributed by atoms with E-state index in [2.05, 4.69) is 33.9 Å². The van der Waals surface area contributed by atoms with Crippen molar-refractivity contribution in [3.8, 4) is 0 Å². The molecule has 10 nitrogen and oxygen atoms in total. The zero-order valence-corrected chi connectivity index (χ0v) is 25.1. The van der Waals surface area contributed by atoms with Gasteiger partial charge in [-0.15, -0.1) is 0 Å². The molecule has 1 unspecified atom stereocenters. The molecule has 0 amide bonds. The summed E-state index contributed by atoms with van der Waals surface area (Å²) in [4.78, 5) is 33.7. The first kappa shape index (κ1) is 37.9. The van der Waals surface area contributed by atoms with Crippen molar-refractivity contribution < 1.29 is 78.3 Å². The zero-order valence-electron chi connectivity index (χ0n) is 22.2. The second-order valence-corrected chi connectivity index (χ2v) is 10.1. The molecule has 0 radical (unpaired) electrons. The molecule has 206 valence electrons. The number of phosphoric acid groups is 1. The van der Waals surface area contributed by atoms with Crippen LogP contribution in [0.4, 0.5) is 0 Å². The molecule has 0 bridgehead atoms. The van der Waals surface area contributed by atoms with Crippen LogP contribution < -0.4 is 45.3 Å². The van der Waals surface area contributed by atoms with Gasteiger partial charge in [0.25, 0.3) is 7.82 Å². The van der Waals surface area contributed by atoms with Crippen LogP contribution in [0.2, 0.25) is 0 Å². The summed E-state index contributed by atoms with van der Waals surface area (Å²) in [6, 6.07) is -1.39. The molecule has 0 fully saturated rings. The molecule has 0 spiro atoms. The average Bonchev–Trinajstić information content (AvgIpc) is 2.82. The summed E-state index contributed by atoms with van der Waals surface area (Å²) in [5.74, 6) is -2.04. The number of carboxylic acids is 1. The number of aliphatic hydroxyl groups is 1. The minimum absolute atomic E-state index is 0. The third-order valence-corrected chi connectivity index (χ3v) is 6.20. The van der Waals surface area contributed by atoms with Crippen LogP contribution in [0.3, 0.4) is 0 Å². The van der Waals surface area contributed by atoms with Crippen molar-refractivity contribution in [3.05, 3.63) is 12.2 Å². The van der Waals surface area contributed by atoms with Gasteiger partial charge in [0.05, 0.1) is 6.61 Å². The number of esters is 1. The molecule has 4 N–H and O–H groups in total. The summed E-state index contributed by atoms with van der Waals surface area (Å²) in [7, 11) is -4.82. The Balaban J connectivity index is 0. The van der Waals surface area contributed by atoms with Gasteiger partial charge in [-0.25, -0.2) is 0 Å². The van der Waals surface area contributed by atoms with Crippen molar-refractivity contribution in [1.82, 2.24) is 0 Å². The second kappa shape index (κ2) is 25.0. The molecule has 0 aromatic carbocycles. The quantitative estimate of drug-likeness (QED) is 0.0496. The Morgan fingerprint density at radius 3 is 1.94 bits per heavy atom. The van der Waals surface area contributed by atoms with Gasteiger partial charge >= 0.3 is 35.5 Å². The maximum absolute atomic E-state index is 11.7. The van der Waals surface area contributed by atoms with E-state index in [-0.39, 0.29) is 36.0 Å². The van der Waals surface area contributed by atoms with E-state index >= 15 is 0 Å². The van der Waals surface area contributed by atoms with Gasteiger partial charge in [-0.2, -0.15) is 0 Å². The van der Waals surface area contributed by atoms with Gasteiger partial charge in [0.15, 0.2) is 0 Å². The molecule has 0 rings (SSSR count). The fraction of sp³-hybridized carbons (Fsp3) is 0.833. The number of aliphatic hydroxyl groups excluding tert-OH is 1. The SMILES string of the molecule is CCCCCCCCC=CCCCCCCCC(=O)OC[C@@H](O)COP(=O)([O-])OC[C@H]([NH3+])C(=O)[O-].[Na+]. The van der Waals surface area contributed by atoms with Crippen molar-refractivity contribution in [2.45, 2.75) is 109 Å². The molecule has 0 aliphatic rings. The summed E-state index contributed by atoms with van der Waals surface area (Å²) in [6.07, 6.45) is 18.5. The number of unbranched alkanes of at least 4 members (excludes halogenated alkanes) is 11. The van der Waals surface area contributed by atoms with Crippen molar-refractivity contribution in [3.63, 3.8) is 0 Å². The summed E-state index contributed by atoms with van der Waals surface area (Å²) < 4.78 is 25.2. The molecule has 12 heteroatoms. The molecule has 0 saturated heterocycles. The summed E-state index contributed by atoms with van der Waals surface area (Å²) >= 11 is 0. The zero-order chi connectivity index (χ0) is 26.4. The number of carbonyl (C=O) groups is 2. The van der Waals surface area contributed by atoms with E-state index in [1.807, 2.05) is 0 Å². The fourth-order valence-corrected chi connectivity index (χ4v) is 3.91. The molecular weight excluding hydrogens is 500 g/mol. The van der Waals surface area contributed by atoms with E-state index in [9.17, 15) is 29.3 Å². The third-order valence-electron chi connectivity index (χ3n) is 5.27. The van der Waals surface area contributed by atoms with E-state index in [0.717, 1.165) is 32.1 Å². The normalized spacial score (nSPS) is 14.7. The van der Waals surface area contributed by atoms with Crippen LogP contribution in [0.1, 0.15) is 96.8 Å². The number of carboxylic acid groups (broad SMARTS) is 1. The van der Waals surface area contributed by atoms with Crippen LogP contribution in [0.15, 0.2) is 12.2 Å². The van der Waals surface area contributed by atoms with Crippen molar-refractivity contribution in [1.29, 1.82) is 0 Å². The Bertz CT molecular complexity index is 637. The summed E-state index contributed by atoms with van der Waals surface area (Å²) in [5.41, 5.74) is 3.14. The Labute approximate surface area is 238 Å². The van der Waals surface area contributed by atoms with Gasteiger partial charge in [0.1, 0.15) is 31.3 Å². The molecule has 3 atom stereocenters. The van der Waals surface area contributed by atoms with Gasteiger partial charge in [-0.3, -0.25) is 9.36 Å². The first-order chi connectivity index (χ1) is 16.7. The summed E-state index contributed by atoms with van der Waals surface area (Å²) in [6.45, 7) is 0.383. The van der Waals surface area contributed by atoms with E-state index in [1.165, 1.54) is 44.9 Å². The third kappa shape index (κ3) is 25.4. The van der Waals surface area contributed by atoms with Gasteiger partial charge < -0.3 is 39.4 Å². The maximum atomic E-state index is 11.7. The maximum Gasteiger partial charge on any atom is 1.00 e. The van der Waals surface area contributed by atoms with Crippen molar-refractivity contribution >= 4 is 19.8 Å². The van der Waals surface area contributed by atoms with Crippen molar-refractivity contribution in [2.24, 2.45) is 0 Å². The number of aliphatic carboxylic acids is 1. The molecule has 0 aromatic heterocycles. The minimum Gasteiger partial charge on any atom is -0.756 e. The Morgan fingerprint density at radius 1 is 0.889 bits per heavy atom. The van der Waals surface area contributed by atoms with Gasteiger partial charge in [0, 0.05) is 6.42 Å². The second-order valence-electron chi connectivity index (χ2n) is 8.73. The number of quaternary nitrogens is 1. The average molecular weight is 546 g/mol. The molecule has 0 aromatic rings. The van der Waals surface area contributed by atoms with Crippen LogP contribution in [0, 0.1) is 0 Å². The van der Waals surface area contributed by atoms with Crippen LogP contribution in [-0.4, -0.2) is 49.0 Å². The monoisotopic (exact) mass is 545 g/mol. The Kier molecular flexibility index (Phi) is 26.3. The van der Waals surface area contributed by atoms with Crippen molar-refractivity contribution in [2.75, 3.05) is 19.8 Å². The van der Waals surface area contributed by atoms with Gasteiger partial charge in [-0.05, 0) is 32.1 Å². The van der Waals surface area contributed by atoms with Crippen LogP contribution in [0.25, 0.3) is 0 Å². The summed E-state index contributed by atoms with van der Waals surface area (Å²) in [5, 5.41) is 20.2. The van der Waals surface area contributed by atoms with Gasteiger partial charge in [-0.1, -0.05) is 70.4 Å². The molecule has 0 aliphatic heterocycles. The minimum atomic E-state index is -4.82. The van der Waals surface area contributed by atoms with E-state index in [1.54, 1.807) is 0 Å².